The Labute approximate surface area is 213 Å². The van der Waals surface area contributed by atoms with Crippen molar-refractivity contribution in [2.45, 2.75) is 25.1 Å². The van der Waals surface area contributed by atoms with Crippen LogP contribution in [0.25, 0.3) is 0 Å². The summed E-state index contributed by atoms with van der Waals surface area (Å²) < 4.78 is 0. The molecule has 0 spiro atoms. The fourth-order valence-corrected chi connectivity index (χ4v) is 5.15. The highest BCUT2D eigenvalue weighted by Gasteiger charge is 2.26. The molecule has 1 atom stereocenters. The van der Waals surface area contributed by atoms with Crippen molar-refractivity contribution in [3.05, 3.63) is 47.2 Å². The van der Waals surface area contributed by atoms with Crippen LogP contribution in [0.5, 0.6) is 0 Å². The molecule has 0 aliphatic carbocycles. The number of amides is 1. The fourth-order valence-electron chi connectivity index (χ4n) is 5.15. The van der Waals surface area contributed by atoms with E-state index in [1.54, 1.807) is 6.07 Å². The number of likely N-dealkylation sites (tertiary alicyclic amines) is 1. The van der Waals surface area contributed by atoms with Crippen LogP contribution in [-0.4, -0.2) is 121 Å². The van der Waals surface area contributed by atoms with Gasteiger partial charge in [0.2, 0.25) is 5.95 Å². The lowest BCUT2D eigenvalue weighted by molar-refractivity contribution is 0.0838. The second-order valence-corrected chi connectivity index (χ2v) is 10.4. The summed E-state index contributed by atoms with van der Waals surface area (Å²) in [4.78, 5) is 31.3. The smallest absolute Gasteiger partial charge is 0.270 e. The molecule has 194 valence electrons. The van der Waals surface area contributed by atoms with Gasteiger partial charge < -0.3 is 30.4 Å². The lowest BCUT2D eigenvalue weighted by atomic mass is 10.00. The molecule has 2 saturated heterocycles. The van der Waals surface area contributed by atoms with E-state index in [1.165, 1.54) is 11.1 Å². The summed E-state index contributed by atoms with van der Waals surface area (Å²) in [6.07, 6.45) is 0.332. The Morgan fingerprint density at radius 1 is 1.06 bits per heavy atom. The molecule has 1 unspecified atom stereocenters. The molecule has 10 nitrogen and oxygen atoms in total. The number of benzene rings is 1. The van der Waals surface area contributed by atoms with Gasteiger partial charge in [-0.05, 0) is 31.6 Å². The number of fused-ring (bicyclic) bond motifs is 1. The van der Waals surface area contributed by atoms with E-state index in [0.29, 0.717) is 30.0 Å². The number of carbonyl (C=O) groups excluding carboxylic acids is 1. The number of carbonyl (C=O) groups is 1. The van der Waals surface area contributed by atoms with Gasteiger partial charge in [0.25, 0.3) is 5.91 Å². The average Bonchev–Trinajstić information content (AvgIpc) is 2.86. The number of aromatic nitrogens is 2. The Morgan fingerprint density at radius 2 is 1.81 bits per heavy atom. The van der Waals surface area contributed by atoms with E-state index in [-0.39, 0.29) is 12.5 Å². The Hall–Kier alpha value is -2.79. The molecule has 36 heavy (non-hydrogen) atoms. The number of hydrogen-bond acceptors (Lipinski definition) is 9. The first-order valence-electron chi connectivity index (χ1n) is 13.0. The van der Waals surface area contributed by atoms with Gasteiger partial charge in [0.15, 0.2) is 0 Å². The maximum Gasteiger partial charge on any atom is 0.270 e. The highest BCUT2D eigenvalue weighted by molar-refractivity contribution is 5.93. The van der Waals surface area contributed by atoms with E-state index < -0.39 is 6.10 Å². The summed E-state index contributed by atoms with van der Waals surface area (Å²) in [5.41, 5.74) is 3.03. The van der Waals surface area contributed by atoms with Gasteiger partial charge in [-0.3, -0.25) is 9.69 Å². The quantitative estimate of drug-likeness (QED) is 0.472. The lowest BCUT2D eigenvalue weighted by Gasteiger charge is -2.37. The van der Waals surface area contributed by atoms with E-state index in [2.05, 4.69) is 73.6 Å². The molecule has 3 aliphatic rings. The number of β-amino-alcohol motifs (C(OH)–C–C–N with tert-alkyl or cyclic N) is 1. The molecule has 3 N–H and O–H groups in total. The fraction of sp³-hybridized carbons (Fsp3) is 0.577. The minimum Gasteiger partial charge on any atom is -0.390 e. The standard InChI is InChI=1S/C26H38N8O2/c1-31-9-11-34(12-10-31)26-29-23(13-24(30-26)28-21-16-32(2)17-21)25(36)27-14-22(35)18-33-8-7-19-5-3-4-6-20(19)15-33/h3-6,13,21-22,35H,7-12,14-18H2,1-2H3,(H,27,36)(H,28,29,30). The molecule has 4 heterocycles. The van der Waals surface area contributed by atoms with E-state index in [1.807, 2.05) is 0 Å². The van der Waals surface area contributed by atoms with E-state index in [4.69, 9.17) is 4.98 Å². The van der Waals surface area contributed by atoms with Crippen LogP contribution in [-0.2, 0) is 13.0 Å². The van der Waals surface area contributed by atoms with Crippen molar-refractivity contribution in [3.63, 3.8) is 0 Å². The number of likely N-dealkylation sites (N-methyl/N-ethyl adjacent to an activating group) is 2. The van der Waals surface area contributed by atoms with Crippen LogP contribution in [0.15, 0.2) is 30.3 Å². The molecule has 1 aromatic heterocycles. The first-order chi connectivity index (χ1) is 17.4. The van der Waals surface area contributed by atoms with Crippen LogP contribution in [0.2, 0.25) is 0 Å². The maximum absolute atomic E-state index is 13.1. The second-order valence-electron chi connectivity index (χ2n) is 10.4. The number of piperazine rings is 1. The van der Waals surface area contributed by atoms with Gasteiger partial charge >= 0.3 is 0 Å². The van der Waals surface area contributed by atoms with Gasteiger partial charge in [-0.2, -0.15) is 4.98 Å². The summed E-state index contributed by atoms with van der Waals surface area (Å²) in [7, 11) is 4.19. The molecule has 2 aromatic rings. The minimum absolute atomic E-state index is 0.182. The van der Waals surface area contributed by atoms with Crippen LogP contribution in [0.3, 0.4) is 0 Å². The van der Waals surface area contributed by atoms with Crippen molar-refractivity contribution in [1.82, 2.24) is 30.0 Å². The molecule has 0 bridgehead atoms. The van der Waals surface area contributed by atoms with Gasteiger partial charge in [0.05, 0.1) is 12.1 Å². The van der Waals surface area contributed by atoms with Crippen LogP contribution < -0.4 is 15.5 Å². The predicted molar refractivity (Wildman–Crippen MR) is 140 cm³/mol. The average molecular weight is 495 g/mol. The molecule has 5 rings (SSSR count). The molecule has 1 aromatic carbocycles. The summed E-state index contributed by atoms with van der Waals surface area (Å²) in [5.74, 6) is 0.970. The summed E-state index contributed by atoms with van der Waals surface area (Å²) in [6.45, 7) is 7.85. The second kappa shape index (κ2) is 11.1. The normalized spacial score (nSPS) is 20.5. The highest BCUT2D eigenvalue weighted by atomic mass is 16.3. The molecule has 0 radical (unpaired) electrons. The SMILES string of the molecule is CN1CCN(c2nc(NC3CN(C)C3)cc(C(=O)NCC(O)CN3CCc4ccccc4C3)n2)CC1. The number of aliphatic hydroxyl groups is 1. The zero-order valence-corrected chi connectivity index (χ0v) is 21.4. The Balaban J connectivity index is 1.20. The van der Waals surface area contributed by atoms with Crippen molar-refractivity contribution in [3.8, 4) is 0 Å². The number of nitrogens with zero attached hydrogens (tertiary/aromatic N) is 6. The molecular formula is C26H38N8O2. The van der Waals surface area contributed by atoms with Gasteiger partial charge in [0, 0.05) is 71.5 Å². The van der Waals surface area contributed by atoms with Crippen molar-refractivity contribution in [2.75, 3.05) is 83.2 Å². The summed E-state index contributed by atoms with van der Waals surface area (Å²) >= 11 is 0. The first-order valence-corrected chi connectivity index (χ1v) is 13.0. The van der Waals surface area contributed by atoms with Crippen LogP contribution in [0.1, 0.15) is 21.6 Å². The van der Waals surface area contributed by atoms with E-state index in [0.717, 1.165) is 58.8 Å². The number of aliphatic hydroxyl groups excluding tert-OH is 1. The largest absolute Gasteiger partial charge is 0.390 e. The predicted octanol–water partition coefficient (Wildman–Crippen LogP) is 0.103. The van der Waals surface area contributed by atoms with Crippen LogP contribution in [0, 0.1) is 0 Å². The number of hydrogen-bond donors (Lipinski definition) is 3. The number of anilines is 2. The summed E-state index contributed by atoms with van der Waals surface area (Å²) in [6, 6.07) is 10.5. The van der Waals surface area contributed by atoms with E-state index in [9.17, 15) is 9.90 Å². The third-order valence-electron chi connectivity index (χ3n) is 7.33. The van der Waals surface area contributed by atoms with Crippen molar-refractivity contribution in [1.29, 1.82) is 0 Å². The molecule has 0 saturated carbocycles. The first kappa shape index (κ1) is 24.9. The van der Waals surface area contributed by atoms with Crippen molar-refractivity contribution < 1.29 is 9.90 Å². The number of nitrogens with one attached hydrogen (secondary N) is 2. The Kier molecular flexibility index (Phi) is 7.66. The van der Waals surface area contributed by atoms with E-state index >= 15 is 0 Å². The minimum atomic E-state index is -0.652. The van der Waals surface area contributed by atoms with Gasteiger partial charge in [0.1, 0.15) is 11.5 Å². The van der Waals surface area contributed by atoms with Crippen molar-refractivity contribution >= 4 is 17.7 Å². The Morgan fingerprint density at radius 3 is 2.56 bits per heavy atom. The van der Waals surface area contributed by atoms with Gasteiger partial charge in [-0.15, -0.1) is 0 Å². The van der Waals surface area contributed by atoms with Crippen molar-refractivity contribution in [2.24, 2.45) is 0 Å². The highest BCUT2D eigenvalue weighted by Crippen LogP contribution is 2.20. The zero-order valence-electron chi connectivity index (χ0n) is 21.4. The maximum atomic E-state index is 13.1. The molecule has 3 aliphatic heterocycles. The molecular weight excluding hydrogens is 456 g/mol. The lowest BCUT2D eigenvalue weighted by Crippen LogP contribution is -2.52. The zero-order chi connectivity index (χ0) is 25.1. The third kappa shape index (κ3) is 6.12. The van der Waals surface area contributed by atoms with Crippen LogP contribution in [0.4, 0.5) is 11.8 Å². The van der Waals surface area contributed by atoms with Gasteiger partial charge in [-0.1, -0.05) is 24.3 Å². The molecule has 1 amide bonds. The summed E-state index contributed by atoms with van der Waals surface area (Å²) in [5, 5.41) is 17.0. The molecule has 10 heteroatoms. The topological polar surface area (TPSA) is 100 Å². The number of rotatable bonds is 8. The third-order valence-corrected chi connectivity index (χ3v) is 7.33. The Bertz CT molecular complexity index is 1050. The molecule has 2 fully saturated rings. The van der Waals surface area contributed by atoms with Crippen LogP contribution >= 0.6 is 0 Å². The monoisotopic (exact) mass is 494 g/mol. The van der Waals surface area contributed by atoms with Gasteiger partial charge in [-0.25, -0.2) is 4.98 Å².